The zero-order chi connectivity index (χ0) is 17.4. The lowest BCUT2D eigenvalue weighted by atomic mass is 10.2. The zero-order valence-corrected chi connectivity index (χ0v) is 15.5. The van der Waals surface area contributed by atoms with Crippen molar-refractivity contribution in [3.05, 3.63) is 59.7 Å². The number of aryl methyl sites for hydroxylation is 1. The van der Waals surface area contributed by atoms with E-state index in [4.69, 9.17) is 0 Å². The molecule has 1 aliphatic rings. The summed E-state index contributed by atoms with van der Waals surface area (Å²) >= 11 is 1.27. The second kappa shape index (κ2) is 6.40. The van der Waals surface area contributed by atoms with Gasteiger partial charge in [-0.2, -0.15) is 4.31 Å². The molecule has 2 aromatic heterocycles. The summed E-state index contributed by atoms with van der Waals surface area (Å²) in [5.74, 6) is 0.901. The topological polar surface area (TPSA) is 55.2 Å². The monoisotopic (exact) mass is 373 g/mol. The molecule has 130 valence electrons. The maximum Gasteiger partial charge on any atom is 0.252 e. The maximum absolute atomic E-state index is 12.8. The van der Waals surface area contributed by atoms with Crippen LogP contribution in [0.2, 0.25) is 0 Å². The minimum atomic E-state index is -3.39. The third kappa shape index (κ3) is 2.92. The van der Waals surface area contributed by atoms with Gasteiger partial charge < -0.3 is 4.57 Å². The van der Waals surface area contributed by atoms with E-state index in [0.717, 1.165) is 23.5 Å². The Labute approximate surface area is 151 Å². The van der Waals surface area contributed by atoms with Crippen molar-refractivity contribution < 1.29 is 8.42 Å². The van der Waals surface area contributed by atoms with Gasteiger partial charge in [-0.05, 0) is 24.8 Å². The Bertz CT molecular complexity index is 963. The van der Waals surface area contributed by atoms with Crippen LogP contribution in [0.1, 0.15) is 18.2 Å². The highest BCUT2D eigenvalue weighted by atomic mass is 32.2. The molecule has 1 atom stereocenters. The Morgan fingerprint density at radius 3 is 2.68 bits per heavy atom. The molecule has 0 amide bonds. The largest absolute Gasteiger partial charge is 0.324 e. The molecule has 4 rings (SSSR count). The molecular formula is C18H19N3O2S2. The quantitative estimate of drug-likeness (QED) is 0.703. The van der Waals surface area contributed by atoms with E-state index in [2.05, 4.69) is 9.55 Å². The highest BCUT2D eigenvalue weighted by Crippen LogP contribution is 2.33. The van der Waals surface area contributed by atoms with Crippen molar-refractivity contribution in [3.63, 3.8) is 0 Å². The first-order valence-electron chi connectivity index (χ1n) is 8.20. The number of hydrogen-bond acceptors (Lipinski definition) is 4. The standard InChI is InChI=1S/C18H19N3O2S2/c1-14-12-19-18(15-6-3-2-4-7-15)21(14)16-9-10-20(13-16)25(22,23)17-8-5-11-24-17/h2-8,11-12,16H,9-10,13H2,1H3. The highest BCUT2D eigenvalue weighted by molar-refractivity contribution is 7.91. The molecule has 0 N–H and O–H groups in total. The molecule has 1 saturated heterocycles. The molecule has 1 unspecified atom stereocenters. The minimum absolute atomic E-state index is 0.104. The minimum Gasteiger partial charge on any atom is -0.324 e. The van der Waals surface area contributed by atoms with E-state index in [9.17, 15) is 8.42 Å². The Morgan fingerprint density at radius 1 is 1.16 bits per heavy atom. The first kappa shape index (κ1) is 16.5. The van der Waals surface area contributed by atoms with Gasteiger partial charge in [-0.15, -0.1) is 11.3 Å². The van der Waals surface area contributed by atoms with Crippen LogP contribution in [0.3, 0.4) is 0 Å². The van der Waals surface area contributed by atoms with Gasteiger partial charge in [0.25, 0.3) is 10.0 Å². The van der Waals surface area contributed by atoms with Gasteiger partial charge in [0.15, 0.2) is 0 Å². The van der Waals surface area contributed by atoms with Gasteiger partial charge in [0, 0.05) is 30.5 Å². The lowest BCUT2D eigenvalue weighted by molar-refractivity contribution is 0.452. The normalized spacial score (nSPS) is 18.7. The summed E-state index contributed by atoms with van der Waals surface area (Å²) < 4.78 is 29.7. The third-order valence-electron chi connectivity index (χ3n) is 4.59. The predicted molar refractivity (Wildman–Crippen MR) is 99.1 cm³/mol. The number of thiophene rings is 1. The molecule has 0 spiro atoms. The van der Waals surface area contributed by atoms with Gasteiger partial charge >= 0.3 is 0 Å². The highest BCUT2D eigenvalue weighted by Gasteiger charge is 2.35. The second-order valence-electron chi connectivity index (χ2n) is 6.20. The average molecular weight is 374 g/mol. The average Bonchev–Trinajstić information content (AvgIpc) is 3.36. The number of imidazole rings is 1. The molecule has 5 nitrogen and oxygen atoms in total. The summed E-state index contributed by atoms with van der Waals surface area (Å²) in [6.45, 7) is 3.05. The van der Waals surface area contributed by atoms with Crippen LogP contribution in [0.15, 0.2) is 58.3 Å². The fraction of sp³-hybridized carbons (Fsp3) is 0.278. The number of aromatic nitrogens is 2. The van der Waals surface area contributed by atoms with Crippen LogP contribution in [0.5, 0.6) is 0 Å². The van der Waals surface area contributed by atoms with Gasteiger partial charge in [0.1, 0.15) is 10.0 Å². The van der Waals surface area contributed by atoms with Gasteiger partial charge in [-0.3, -0.25) is 0 Å². The van der Waals surface area contributed by atoms with E-state index in [0.29, 0.717) is 17.3 Å². The van der Waals surface area contributed by atoms with Crippen LogP contribution in [-0.2, 0) is 10.0 Å². The summed E-state index contributed by atoms with van der Waals surface area (Å²) in [6, 6.07) is 13.6. The smallest absolute Gasteiger partial charge is 0.252 e. The van der Waals surface area contributed by atoms with Gasteiger partial charge in [-0.25, -0.2) is 13.4 Å². The predicted octanol–water partition coefficient (Wildman–Crippen LogP) is 3.56. The summed E-state index contributed by atoms with van der Waals surface area (Å²) in [5.41, 5.74) is 2.11. The molecule has 0 aliphatic carbocycles. The Morgan fingerprint density at radius 2 is 1.96 bits per heavy atom. The molecule has 25 heavy (non-hydrogen) atoms. The number of rotatable bonds is 4. The molecule has 7 heteroatoms. The van der Waals surface area contributed by atoms with Crippen LogP contribution < -0.4 is 0 Å². The lowest BCUT2D eigenvalue weighted by Gasteiger charge is -2.19. The van der Waals surface area contributed by atoms with Crippen molar-refractivity contribution >= 4 is 21.4 Å². The Hall–Kier alpha value is -1.96. The van der Waals surface area contributed by atoms with E-state index in [1.165, 1.54) is 11.3 Å². The fourth-order valence-electron chi connectivity index (χ4n) is 3.38. The second-order valence-corrected chi connectivity index (χ2v) is 9.31. The van der Waals surface area contributed by atoms with Gasteiger partial charge in [-0.1, -0.05) is 36.4 Å². The Kier molecular flexibility index (Phi) is 4.23. The molecule has 3 aromatic rings. The molecule has 0 saturated carbocycles. The Balaban J connectivity index is 1.64. The first-order chi connectivity index (χ1) is 12.1. The number of nitrogens with zero attached hydrogens (tertiary/aromatic N) is 3. The van der Waals surface area contributed by atoms with Crippen molar-refractivity contribution in [2.45, 2.75) is 23.6 Å². The molecule has 0 radical (unpaired) electrons. The van der Waals surface area contributed by atoms with Crippen LogP contribution in [0.25, 0.3) is 11.4 Å². The molecule has 0 bridgehead atoms. The molecule has 1 aliphatic heterocycles. The van der Waals surface area contributed by atoms with E-state index >= 15 is 0 Å². The molecule has 1 fully saturated rings. The SMILES string of the molecule is Cc1cnc(-c2ccccc2)n1C1CCN(S(=O)(=O)c2cccs2)C1. The van der Waals surface area contributed by atoms with Crippen LogP contribution in [0, 0.1) is 6.92 Å². The van der Waals surface area contributed by atoms with Gasteiger partial charge in [0.05, 0.1) is 6.04 Å². The number of sulfonamides is 1. The van der Waals surface area contributed by atoms with E-state index in [-0.39, 0.29) is 6.04 Å². The molecule has 1 aromatic carbocycles. The zero-order valence-electron chi connectivity index (χ0n) is 13.9. The van der Waals surface area contributed by atoms with Crippen molar-refractivity contribution in [3.8, 4) is 11.4 Å². The summed E-state index contributed by atoms with van der Waals surface area (Å²) in [6.07, 6.45) is 2.65. The molecule has 3 heterocycles. The number of hydrogen-bond donors (Lipinski definition) is 0. The molecular weight excluding hydrogens is 354 g/mol. The summed E-state index contributed by atoms with van der Waals surface area (Å²) in [7, 11) is -3.39. The van der Waals surface area contributed by atoms with Crippen molar-refractivity contribution in [1.29, 1.82) is 0 Å². The summed E-state index contributed by atoms with van der Waals surface area (Å²) in [4.78, 5) is 4.56. The fourth-order valence-corrected chi connectivity index (χ4v) is 6.02. The van der Waals surface area contributed by atoms with E-state index in [1.807, 2.05) is 43.5 Å². The van der Waals surface area contributed by atoms with Crippen LogP contribution >= 0.6 is 11.3 Å². The van der Waals surface area contributed by atoms with E-state index in [1.54, 1.807) is 21.8 Å². The van der Waals surface area contributed by atoms with Crippen LogP contribution in [-0.4, -0.2) is 35.4 Å². The number of benzene rings is 1. The van der Waals surface area contributed by atoms with Crippen molar-refractivity contribution in [2.75, 3.05) is 13.1 Å². The first-order valence-corrected chi connectivity index (χ1v) is 10.5. The van der Waals surface area contributed by atoms with E-state index < -0.39 is 10.0 Å². The lowest BCUT2D eigenvalue weighted by Crippen LogP contribution is -2.29. The van der Waals surface area contributed by atoms with Crippen LogP contribution in [0.4, 0.5) is 0 Å². The third-order valence-corrected chi connectivity index (χ3v) is 7.83. The summed E-state index contributed by atoms with van der Waals surface area (Å²) in [5, 5.41) is 1.80. The van der Waals surface area contributed by atoms with Gasteiger partial charge in [0.2, 0.25) is 0 Å². The van der Waals surface area contributed by atoms with Crippen molar-refractivity contribution in [2.24, 2.45) is 0 Å². The maximum atomic E-state index is 12.8. The van der Waals surface area contributed by atoms with Crippen molar-refractivity contribution in [1.82, 2.24) is 13.9 Å².